The van der Waals surface area contributed by atoms with Crippen molar-refractivity contribution in [1.29, 1.82) is 0 Å². The summed E-state index contributed by atoms with van der Waals surface area (Å²) in [6.45, 7) is 0. The molecule has 0 aliphatic heterocycles. The Morgan fingerprint density at radius 2 is 1.44 bits per heavy atom. The number of para-hydroxylation sites is 2. The number of nitrogens with zero attached hydrogens (tertiary/aromatic N) is 3. The molecule has 0 fully saturated rings. The Kier molecular flexibility index (Phi) is 3.43. The van der Waals surface area contributed by atoms with Crippen LogP contribution in [0.4, 0.5) is 0 Å². The molecule has 5 rings (SSSR count). The molecule has 2 aromatic heterocycles. The fraction of sp³-hybridized carbons (Fsp3) is 0.0952. The molecule has 0 saturated carbocycles. The van der Waals surface area contributed by atoms with Gasteiger partial charge in [-0.3, -0.25) is 0 Å². The van der Waals surface area contributed by atoms with E-state index in [1.807, 2.05) is 54.6 Å². The second-order valence-corrected chi connectivity index (χ2v) is 6.23. The predicted molar refractivity (Wildman–Crippen MR) is 105 cm³/mol. The molecule has 27 heavy (non-hydrogen) atoms. The zero-order valence-corrected chi connectivity index (χ0v) is 14.9. The van der Waals surface area contributed by atoms with Gasteiger partial charge < -0.3 is 14.5 Å². The van der Waals surface area contributed by atoms with Gasteiger partial charge >= 0.3 is 0 Å². The number of imidazole rings is 1. The first kappa shape index (κ1) is 15.6. The number of aromatic nitrogens is 4. The van der Waals surface area contributed by atoms with E-state index < -0.39 is 0 Å². The topological polar surface area (TPSA) is 72.9 Å². The Morgan fingerprint density at radius 3 is 2.26 bits per heavy atom. The SMILES string of the molecule is COc1ccc(-c2nc3cc4nc5ccccc5[nH]c4cc3n2)cc1OC. The van der Waals surface area contributed by atoms with Gasteiger partial charge in [-0.1, -0.05) is 12.1 Å². The molecule has 132 valence electrons. The highest BCUT2D eigenvalue weighted by Gasteiger charge is 2.12. The number of fused-ring (bicyclic) bond motifs is 3. The van der Waals surface area contributed by atoms with E-state index >= 15 is 0 Å². The molecule has 0 radical (unpaired) electrons. The summed E-state index contributed by atoms with van der Waals surface area (Å²) in [4.78, 5) is 17.5. The van der Waals surface area contributed by atoms with Crippen LogP contribution in [0, 0.1) is 0 Å². The van der Waals surface area contributed by atoms with E-state index in [4.69, 9.17) is 14.5 Å². The molecule has 0 amide bonds. The lowest BCUT2D eigenvalue weighted by atomic mass is 10.2. The van der Waals surface area contributed by atoms with Crippen LogP contribution in [0.2, 0.25) is 0 Å². The molecular weight excluding hydrogens is 340 g/mol. The second-order valence-electron chi connectivity index (χ2n) is 6.23. The number of hydrogen-bond donors (Lipinski definition) is 1. The van der Waals surface area contributed by atoms with Gasteiger partial charge in [0, 0.05) is 5.56 Å². The van der Waals surface area contributed by atoms with Crippen molar-refractivity contribution in [3.05, 3.63) is 54.6 Å². The van der Waals surface area contributed by atoms with Crippen LogP contribution in [0.25, 0.3) is 44.5 Å². The minimum Gasteiger partial charge on any atom is -0.493 e. The molecule has 6 nitrogen and oxygen atoms in total. The molecule has 0 aliphatic carbocycles. The van der Waals surface area contributed by atoms with E-state index in [-0.39, 0.29) is 0 Å². The average Bonchev–Trinajstić information content (AvgIpc) is 3.12. The van der Waals surface area contributed by atoms with Gasteiger partial charge in [0.05, 0.1) is 47.3 Å². The monoisotopic (exact) mass is 356 g/mol. The third kappa shape index (κ3) is 2.54. The van der Waals surface area contributed by atoms with Crippen LogP contribution in [0.1, 0.15) is 0 Å². The van der Waals surface area contributed by atoms with Gasteiger partial charge in [0.1, 0.15) is 0 Å². The number of methoxy groups -OCH3 is 2. The summed E-state index contributed by atoms with van der Waals surface area (Å²) in [5.41, 5.74) is 6.20. The Morgan fingerprint density at radius 1 is 0.667 bits per heavy atom. The highest BCUT2D eigenvalue weighted by Crippen LogP contribution is 2.32. The molecule has 3 aromatic carbocycles. The van der Waals surface area contributed by atoms with Crippen molar-refractivity contribution in [3.63, 3.8) is 0 Å². The summed E-state index contributed by atoms with van der Waals surface area (Å²) in [6.07, 6.45) is 0. The normalized spacial score (nSPS) is 11.3. The summed E-state index contributed by atoms with van der Waals surface area (Å²) in [7, 11) is 3.23. The minimum absolute atomic E-state index is 0.644. The third-order valence-electron chi connectivity index (χ3n) is 4.60. The van der Waals surface area contributed by atoms with E-state index in [1.54, 1.807) is 14.2 Å². The van der Waals surface area contributed by atoms with E-state index in [2.05, 4.69) is 15.0 Å². The number of hydrogen-bond acceptors (Lipinski definition) is 5. The summed E-state index contributed by atoms with van der Waals surface area (Å²) < 4.78 is 10.7. The molecule has 0 saturated heterocycles. The van der Waals surface area contributed by atoms with Crippen molar-refractivity contribution < 1.29 is 9.47 Å². The third-order valence-corrected chi connectivity index (χ3v) is 4.60. The molecule has 0 atom stereocenters. The fourth-order valence-electron chi connectivity index (χ4n) is 3.25. The van der Waals surface area contributed by atoms with E-state index in [0.717, 1.165) is 38.7 Å². The molecule has 6 heteroatoms. The zero-order chi connectivity index (χ0) is 18.4. The van der Waals surface area contributed by atoms with Crippen LogP contribution < -0.4 is 9.47 Å². The first-order chi connectivity index (χ1) is 13.2. The van der Waals surface area contributed by atoms with Crippen LogP contribution in [0.15, 0.2) is 54.6 Å². The lowest BCUT2D eigenvalue weighted by Crippen LogP contribution is -1.91. The smallest absolute Gasteiger partial charge is 0.161 e. The van der Waals surface area contributed by atoms with Gasteiger partial charge in [-0.25, -0.2) is 15.0 Å². The lowest BCUT2D eigenvalue weighted by Gasteiger charge is -2.07. The molecule has 0 bridgehead atoms. The van der Waals surface area contributed by atoms with Gasteiger partial charge in [-0.2, -0.15) is 0 Å². The molecular formula is C21H16N4O2. The Hall–Kier alpha value is -3.67. The van der Waals surface area contributed by atoms with Gasteiger partial charge in [0.15, 0.2) is 17.3 Å². The summed E-state index contributed by atoms with van der Waals surface area (Å²) in [5, 5.41) is 0. The first-order valence-electron chi connectivity index (χ1n) is 8.54. The molecule has 1 N–H and O–H groups in total. The minimum atomic E-state index is 0.644. The summed E-state index contributed by atoms with van der Waals surface area (Å²) in [5.74, 6) is 1.97. The predicted octanol–water partition coefficient (Wildman–Crippen LogP) is 4.34. The number of aromatic amines is 1. The summed E-state index contributed by atoms with van der Waals surface area (Å²) >= 11 is 0. The van der Waals surface area contributed by atoms with E-state index in [9.17, 15) is 0 Å². The van der Waals surface area contributed by atoms with Crippen LogP contribution in [0.5, 0.6) is 11.5 Å². The standard InChI is InChI=1S/C21H16N4O2/c1-26-19-8-7-12(9-20(19)27-2)21-24-17-10-15-16(11-18(17)25-21)23-14-6-4-3-5-13(14)22-15/h3-11,22H,1-2H3. The van der Waals surface area contributed by atoms with E-state index in [0.29, 0.717) is 17.3 Å². The maximum Gasteiger partial charge on any atom is 0.161 e. The average molecular weight is 356 g/mol. The van der Waals surface area contributed by atoms with Crippen LogP contribution >= 0.6 is 0 Å². The molecule has 2 heterocycles. The van der Waals surface area contributed by atoms with Crippen molar-refractivity contribution >= 4 is 33.1 Å². The molecule has 0 spiro atoms. The van der Waals surface area contributed by atoms with Crippen molar-refractivity contribution in [2.75, 3.05) is 14.2 Å². The first-order valence-corrected chi connectivity index (χ1v) is 8.54. The lowest BCUT2D eigenvalue weighted by molar-refractivity contribution is 0.355. The van der Waals surface area contributed by atoms with Gasteiger partial charge in [-0.05, 0) is 42.5 Å². The van der Waals surface area contributed by atoms with Crippen molar-refractivity contribution in [2.45, 2.75) is 0 Å². The summed E-state index contributed by atoms with van der Waals surface area (Å²) in [6, 6.07) is 17.6. The van der Waals surface area contributed by atoms with Gasteiger partial charge in [-0.15, -0.1) is 0 Å². The van der Waals surface area contributed by atoms with Gasteiger partial charge in [0.25, 0.3) is 0 Å². The zero-order valence-electron chi connectivity index (χ0n) is 14.9. The number of rotatable bonds is 3. The Labute approximate surface area is 154 Å². The number of H-pyrrole nitrogens is 1. The number of ether oxygens (including phenoxy) is 2. The number of benzene rings is 3. The van der Waals surface area contributed by atoms with Gasteiger partial charge in [0.2, 0.25) is 0 Å². The maximum atomic E-state index is 5.38. The quantitative estimate of drug-likeness (QED) is 0.487. The molecule has 5 aromatic rings. The highest BCUT2D eigenvalue weighted by molar-refractivity contribution is 5.95. The Bertz CT molecular complexity index is 1240. The highest BCUT2D eigenvalue weighted by atomic mass is 16.5. The van der Waals surface area contributed by atoms with Crippen LogP contribution in [0.3, 0.4) is 0 Å². The molecule has 0 unspecified atom stereocenters. The van der Waals surface area contributed by atoms with Crippen molar-refractivity contribution in [2.24, 2.45) is 0 Å². The second kappa shape index (κ2) is 5.95. The van der Waals surface area contributed by atoms with Crippen LogP contribution in [-0.2, 0) is 0 Å². The largest absolute Gasteiger partial charge is 0.493 e. The number of nitrogens with one attached hydrogen (secondary N) is 1. The fourth-order valence-corrected chi connectivity index (χ4v) is 3.25. The Balaban J connectivity index is 1.68. The maximum absolute atomic E-state index is 5.38. The van der Waals surface area contributed by atoms with Crippen LogP contribution in [-0.4, -0.2) is 34.2 Å². The van der Waals surface area contributed by atoms with Crippen molar-refractivity contribution in [1.82, 2.24) is 19.9 Å². The van der Waals surface area contributed by atoms with Crippen molar-refractivity contribution in [3.8, 4) is 22.9 Å². The molecule has 0 aliphatic rings. The van der Waals surface area contributed by atoms with E-state index in [1.165, 1.54) is 0 Å².